The molecule has 134 valence electrons. The fourth-order valence-corrected chi connectivity index (χ4v) is 4.16. The summed E-state index contributed by atoms with van der Waals surface area (Å²) in [4.78, 5) is 16.3. The number of nitrogens with one attached hydrogen (secondary N) is 1. The molecule has 3 rings (SSSR count). The van der Waals surface area contributed by atoms with E-state index >= 15 is 0 Å². The van der Waals surface area contributed by atoms with E-state index in [-0.39, 0.29) is 18.0 Å². The molecule has 0 bridgehead atoms. The zero-order chi connectivity index (χ0) is 17.6. The fourth-order valence-electron chi connectivity index (χ4n) is 3.19. The molecule has 6 heteroatoms. The van der Waals surface area contributed by atoms with Crippen molar-refractivity contribution in [2.45, 2.75) is 19.0 Å². The second-order valence-electron chi connectivity index (χ2n) is 6.10. The van der Waals surface area contributed by atoms with Gasteiger partial charge in [0.15, 0.2) is 0 Å². The zero-order valence-corrected chi connectivity index (χ0v) is 15.4. The van der Waals surface area contributed by atoms with Gasteiger partial charge in [0.2, 0.25) is 0 Å². The summed E-state index contributed by atoms with van der Waals surface area (Å²) in [5.74, 6) is 0.601. The zero-order valence-electron chi connectivity index (χ0n) is 14.6. The van der Waals surface area contributed by atoms with Gasteiger partial charge in [0.25, 0.3) is 5.91 Å². The van der Waals surface area contributed by atoms with Crippen LogP contribution in [0.2, 0.25) is 0 Å². The van der Waals surface area contributed by atoms with Gasteiger partial charge >= 0.3 is 0 Å². The molecule has 0 unspecified atom stereocenters. The van der Waals surface area contributed by atoms with Crippen molar-refractivity contribution in [3.8, 4) is 5.75 Å². The molecule has 1 fully saturated rings. The minimum Gasteiger partial charge on any atom is -0.497 e. The van der Waals surface area contributed by atoms with Gasteiger partial charge in [0.1, 0.15) is 5.75 Å². The van der Waals surface area contributed by atoms with Crippen molar-refractivity contribution in [2.75, 3.05) is 33.4 Å². The molecule has 1 aliphatic rings. The van der Waals surface area contributed by atoms with E-state index in [1.165, 1.54) is 4.88 Å². The Morgan fingerprint density at radius 1 is 1.28 bits per heavy atom. The number of hydrogen-bond acceptors (Lipinski definition) is 5. The van der Waals surface area contributed by atoms with Gasteiger partial charge in [-0.1, -0.05) is 12.1 Å². The lowest BCUT2D eigenvalue weighted by Gasteiger charge is -2.37. The Balaban J connectivity index is 1.75. The number of rotatable bonds is 6. The third-order valence-electron chi connectivity index (χ3n) is 4.44. The monoisotopic (exact) mass is 360 g/mol. The van der Waals surface area contributed by atoms with Crippen LogP contribution < -0.4 is 10.1 Å². The summed E-state index contributed by atoms with van der Waals surface area (Å²) in [5, 5.41) is 5.25. The Morgan fingerprint density at radius 2 is 2.08 bits per heavy atom. The van der Waals surface area contributed by atoms with Crippen molar-refractivity contribution >= 4 is 17.2 Å². The van der Waals surface area contributed by atoms with Gasteiger partial charge in [-0.25, -0.2) is 0 Å². The lowest BCUT2D eigenvalue weighted by Crippen LogP contribution is -2.48. The normalized spacial score (nSPS) is 17.7. The highest BCUT2D eigenvalue weighted by molar-refractivity contribution is 7.10. The standard InChI is InChI=1S/C19H24N2O3S/c1-14(20-19(22)15-5-3-6-16(13-15)23-2)18(17-7-4-12-25-17)21-8-10-24-11-9-21/h3-7,12-14,18H,8-11H2,1-2H3,(H,20,22)/t14-,18+/m1/s1. The van der Waals surface area contributed by atoms with Crippen molar-refractivity contribution in [3.05, 3.63) is 52.2 Å². The Labute approximate surface area is 152 Å². The Kier molecular flexibility index (Phi) is 6.07. The average Bonchev–Trinajstić information content (AvgIpc) is 3.17. The van der Waals surface area contributed by atoms with E-state index in [1.807, 2.05) is 12.1 Å². The molecule has 5 nitrogen and oxygen atoms in total. The smallest absolute Gasteiger partial charge is 0.251 e. The van der Waals surface area contributed by atoms with E-state index in [4.69, 9.17) is 9.47 Å². The second kappa shape index (κ2) is 8.47. The van der Waals surface area contributed by atoms with Crippen LogP contribution in [0.25, 0.3) is 0 Å². The lowest BCUT2D eigenvalue weighted by atomic mass is 10.0. The largest absolute Gasteiger partial charge is 0.497 e. The molecule has 1 amide bonds. The lowest BCUT2D eigenvalue weighted by molar-refractivity contribution is 0.00969. The van der Waals surface area contributed by atoms with E-state index in [1.54, 1.807) is 30.6 Å². The van der Waals surface area contributed by atoms with Gasteiger partial charge in [-0.05, 0) is 36.6 Å². The van der Waals surface area contributed by atoms with E-state index in [0.717, 1.165) is 26.3 Å². The summed E-state index contributed by atoms with van der Waals surface area (Å²) in [5.41, 5.74) is 0.609. The van der Waals surface area contributed by atoms with Crippen LogP contribution in [0.15, 0.2) is 41.8 Å². The van der Waals surface area contributed by atoms with E-state index in [2.05, 4.69) is 34.7 Å². The van der Waals surface area contributed by atoms with Crippen LogP contribution in [-0.2, 0) is 4.74 Å². The predicted octanol–water partition coefficient (Wildman–Crippen LogP) is 2.95. The minimum atomic E-state index is -0.0822. The highest BCUT2D eigenvalue weighted by Crippen LogP contribution is 2.29. The topological polar surface area (TPSA) is 50.8 Å². The fraction of sp³-hybridized carbons (Fsp3) is 0.421. The number of amides is 1. The molecule has 2 aromatic rings. The molecule has 1 aliphatic heterocycles. The minimum absolute atomic E-state index is 0.0181. The quantitative estimate of drug-likeness (QED) is 0.861. The first-order valence-corrected chi connectivity index (χ1v) is 9.37. The Morgan fingerprint density at radius 3 is 2.76 bits per heavy atom. The molecule has 0 spiro atoms. The van der Waals surface area contributed by atoms with Gasteiger partial charge in [0.05, 0.1) is 26.4 Å². The number of methoxy groups -OCH3 is 1. The van der Waals surface area contributed by atoms with E-state index < -0.39 is 0 Å². The van der Waals surface area contributed by atoms with E-state index in [0.29, 0.717) is 11.3 Å². The second-order valence-corrected chi connectivity index (χ2v) is 7.08. The molecule has 0 aliphatic carbocycles. The number of nitrogens with zero attached hydrogens (tertiary/aromatic N) is 1. The molecule has 1 aromatic carbocycles. The first kappa shape index (κ1) is 17.9. The number of ether oxygens (including phenoxy) is 2. The number of carbonyl (C=O) groups is 1. The van der Waals surface area contributed by atoms with Crippen LogP contribution in [0, 0.1) is 0 Å². The number of morpholine rings is 1. The summed E-state index contributed by atoms with van der Waals surface area (Å²) >= 11 is 1.73. The molecule has 0 saturated carbocycles. The molecule has 2 heterocycles. The maximum atomic E-state index is 12.7. The molecular weight excluding hydrogens is 336 g/mol. The van der Waals surface area contributed by atoms with Crippen molar-refractivity contribution in [1.29, 1.82) is 0 Å². The van der Waals surface area contributed by atoms with Gasteiger partial charge in [-0.3, -0.25) is 9.69 Å². The van der Waals surface area contributed by atoms with Crippen LogP contribution >= 0.6 is 11.3 Å². The van der Waals surface area contributed by atoms with Gasteiger partial charge < -0.3 is 14.8 Å². The van der Waals surface area contributed by atoms with E-state index in [9.17, 15) is 4.79 Å². The summed E-state index contributed by atoms with van der Waals surface area (Å²) in [6, 6.07) is 11.6. The first-order valence-electron chi connectivity index (χ1n) is 8.49. The van der Waals surface area contributed by atoms with Crippen molar-refractivity contribution in [1.82, 2.24) is 10.2 Å². The summed E-state index contributed by atoms with van der Waals surface area (Å²) in [6.07, 6.45) is 0. The maximum absolute atomic E-state index is 12.7. The maximum Gasteiger partial charge on any atom is 0.251 e. The Hall–Kier alpha value is -1.89. The molecular formula is C19H24N2O3S. The summed E-state index contributed by atoms with van der Waals surface area (Å²) in [6.45, 7) is 5.29. The summed E-state index contributed by atoms with van der Waals surface area (Å²) < 4.78 is 10.7. The molecule has 0 radical (unpaired) electrons. The van der Waals surface area contributed by atoms with Crippen LogP contribution in [0.4, 0.5) is 0 Å². The van der Waals surface area contributed by atoms with Gasteiger partial charge in [-0.2, -0.15) is 0 Å². The summed E-state index contributed by atoms with van der Waals surface area (Å²) in [7, 11) is 1.60. The molecule has 1 saturated heterocycles. The number of thiophene rings is 1. The number of benzene rings is 1. The number of hydrogen-bond donors (Lipinski definition) is 1. The highest BCUT2D eigenvalue weighted by Gasteiger charge is 2.29. The van der Waals surface area contributed by atoms with Crippen LogP contribution in [0.1, 0.15) is 28.2 Å². The van der Waals surface area contributed by atoms with Crippen molar-refractivity contribution in [3.63, 3.8) is 0 Å². The highest BCUT2D eigenvalue weighted by atomic mass is 32.1. The Bertz CT molecular complexity index is 684. The SMILES string of the molecule is COc1cccc(C(=O)N[C@H](C)[C@@H](c2cccs2)N2CCOCC2)c1. The van der Waals surface area contributed by atoms with Gasteiger partial charge in [0, 0.05) is 29.6 Å². The predicted molar refractivity (Wildman–Crippen MR) is 99.4 cm³/mol. The van der Waals surface area contributed by atoms with Crippen LogP contribution in [0.5, 0.6) is 5.75 Å². The van der Waals surface area contributed by atoms with Gasteiger partial charge in [-0.15, -0.1) is 11.3 Å². The molecule has 1 N–H and O–H groups in total. The number of carbonyl (C=O) groups excluding carboxylic acids is 1. The average molecular weight is 360 g/mol. The van der Waals surface area contributed by atoms with Crippen LogP contribution in [0.3, 0.4) is 0 Å². The first-order chi connectivity index (χ1) is 12.2. The van der Waals surface area contributed by atoms with Crippen molar-refractivity contribution < 1.29 is 14.3 Å². The molecule has 1 aromatic heterocycles. The third kappa shape index (κ3) is 4.39. The molecule has 25 heavy (non-hydrogen) atoms. The van der Waals surface area contributed by atoms with Crippen LogP contribution in [-0.4, -0.2) is 50.3 Å². The third-order valence-corrected chi connectivity index (χ3v) is 5.38. The van der Waals surface area contributed by atoms with Crippen molar-refractivity contribution in [2.24, 2.45) is 0 Å². The molecule has 2 atom stereocenters.